The Morgan fingerprint density at radius 1 is 0.537 bits per heavy atom. The Hall–Kier alpha value is -6.76. The van der Waals surface area contributed by atoms with Crippen molar-refractivity contribution < 1.29 is 0 Å². The van der Waals surface area contributed by atoms with Crippen LogP contribution in [-0.4, -0.2) is 0 Å². The number of aryl methyl sites for hydroxylation is 1. The van der Waals surface area contributed by atoms with Crippen molar-refractivity contribution in [2.45, 2.75) is 45.4 Å². The first-order valence-corrected chi connectivity index (χ1v) is 25.2. The Morgan fingerprint density at radius 3 is 2.12 bits per heavy atom. The van der Waals surface area contributed by atoms with Crippen LogP contribution in [0, 0.1) is 52.3 Å². The molecule has 0 radical (unpaired) electrons. The number of fused-ring (bicyclic) bond motifs is 8. The smallest absolute Gasteiger partial charge is 0.0291 e. The summed E-state index contributed by atoms with van der Waals surface area (Å²) in [6.45, 7) is 2.21. The number of hydrogen-bond acceptors (Lipinski definition) is 0. The van der Waals surface area contributed by atoms with Gasteiger partial charge in [0.15, 0.2) is 0 Å². The first kappa shape index (κ1) is 37.3. The third-order valence-corrected chi connectivity index (χ3v) is 18.7. The van der Waals surface area contributed by atoms with Crippen LogP contribution in [0.3, 0.4) is 0 Å². The van der Waals surface area contributed by atoms with Crippen molar-refractivity contribution in [3.8, 4) is 11.1 Å². The van der Waals surface area contributed by atoms with Gasteiger partial charge in [-0.15, -0.1) is 0 Å². The van der Waals surface area contributed by atoms with Gasteiger partial charge in [0.1, 0.15) is 0 Å². The van der Waals surface area contributed by atoms with E-state index in [1.54, 1.807) is 27.9 Å². The van der Waals surface area contributed by atoms with Crippen molar-refractivity contribution in [2.75, 3.05) is 0 Å². The van der Waals surface area contributed by atoms with E-state index in [1.165, 1.54) is 90.1 Å². The second kappa shape index (κ2) is 12.8. The summed E-state index contributed by atoms with van der Waals surface area (Å²) in [5.74, 6) is 2.42. The van der Waals surface area contributed by atoms with Gasteiger partial charge in [0.25, 0.3) is 0 Å². The summed E-state index contributed by atoms with van der Waals surface area (Å²) in [4.78, 5) is 0. The van der Waals surface area contributed by atoms with E-state index in [2.05, 4.69) is 207 Å². The van der Waals surface area contributed by atoms with Crippen LogP contribution in [0.1, 0.15) is 59.9 Å². The largest absolute Gasteiger partial charge is 0.0802 e. The molecule has 8 unspecified atom stereocenters. The van der Waals surface area contributed by atoms with Gasteiger partial charge in [0, 0.05) is 21.7 Å². The molecule has 0 amide bonds. The van der Waals surface area contributed by atoms with Crippen LogP contribution in [0.4, 0.5) is 0 Å². The molecule has 4 fully saturated rings. The molecule has 0 heterocycles. The van der Waals surface area contributed by atoms with Gasteiger partial charge in [-0.05, 0) is 181 Å². The average Bonchev–Trinajstić information content (AvgIpc) is 4.18. The summed E-state index contributed by atoms with van der Waals surface area (Å²) in [5.41, 5.74) is 24.9. The van der Waals surface area contributed by atoms with E-state index >= 15 is 0 Å². The third kappa shape index (κ3) is 4.84. The highest BCUT2D eigenvalue weighted by molar-refractivity contribution is 5.98. The normalized spacial score (nSPS) is 34.0. The summed E-state index contributed by atoms with van der Waals surface area (Å²) < 4.78 is 0. The summed E-state index contributed by atoms with van der Waals surface area (Å²) in [7, 11) is 0. The minimum Gasteiger partial charge on any atom is -0.0802 e. The molecule has 4 saturated carbocycles. The molecule has 12 aliphatic carbocycles. The molecule has 4 aromatic rings. The Bertz CT molecular complexity index is 3600. The molecular formula is C67H52. The van der Waals surface area contributed by atoms with E-state index < -0.39 is 0 Å². The maximum atomic E-state index is 2.66. The number of rotatable bonds is 5. The molecule has 320 valence electrons. The first-order valence-electron chi connectivity index (χ1n) is 25.2. The highest BCUT2D eigenvalue weighted by Gasteiger charge is 2.73. The molecule has 16 rings (SSSR count). The standard InChI is InChI=1S/C67H52/c1-41-21-23-42(24-22-41)47-33-48(59-52-19-6-4-15-44(52)38-58(60-54(59)27-25-45-36-56(45)60)65-32-12-17-50-16-8-9-29-64(50,65)39-65)35-49(34-47)62-55-28-26-46-37-57(46)61(55)63(67-31-11-10-30-66(62,67)40-67)53-20-7-3-14-43-13-2-5-18-51(43)53/h2-19,21-35,45-46,56-57H,20,36-40H2,1H3. The lowest BCUT2D eigenvalue weighted by Crippen LogP contribution is -2.32. The van der Waals surface area contributed by atoms with Gasteiger partial charge in [-0.1, -0.05) is 193 Å². The average molecular weight is 857 g/mol. The Morgan fingerprint density at radius 2 is 1.24 bits per heavy atom. The van der Waals surface area contributed by atoms with Gasteiger partial charge >= 0.3 is 0 Å². The van der Waals surface area contributed by atoms with Crippen LogP contribution in [-0.2, 0) is 6.42 Å². The van der Waals surface area contributed by atoms with Crippen LogP contribution >= 0.6 is 0 Å². The van der Waals surface area contributed by atoms with Crippen LogP contribution in [0.25, 0.3) is 33.9 Å². The molecular weight excluding hydrogens is 805 g/mol. The minimum absolute atomic E-state index is 0.0106. The lowest BCUT2D eigenvalue weighted by molar-refractivity contribution is 0.584. The number of allylic oxidation sites excluding steroid dienone is 25. The second-order valence-electron chi connectivity index (χ2n) is 22.0. The monoisotopic (exact) mass is 856 g/mol. The molecule has 0 aromatic heterocycles. The molecule has 0 saturated heterocycles. The summed E-state index contributed by atoms with van der Waals surface area (Å²) in [6, 6.07) is 35.8. The summed E-state index contributed by atoms with van der Waals surface area (Å²) in [6.07, 6.45) is 50.9. The van der Waals surface area contributed by atoms with Crippen molar-refractivity contribution in [1.29, 1.82) is 0 Å². The minimum atomic E-state index is -0.129. The summed E-state index contributed by atoms with van der Waals surface area (Å²) in [5, 5.41) is 2.75. The van der Waals surface area contributed by atoms with E-state index in [0.717, 1.165) is 25.7 Å². The molecule has 0 bridgehead atoms. The van der Waals surface area contributed by atoms with Crippen molar-refractivity contribution >= 4 is 22.8 Å². The first-order chi connectivity index (χ1) is 33.0. The zero-order chi connectivity index (χ0) is 43.9. The van der Waals surface area contributed by atoms with Crippen LogP contribution in [0.15, 0.2) is 233 Å². The quantitative estimate of drug-likeness (QED) is 0.188. The van der Waals surface area contributed by atoms with Gasteiger partial charge in [-0.25, -0.2) is 0 Å². The maximum Gasteiger partial charge on any atom is 0.0291 e. The molecule has 67 heavy (non-hydrogen) atoms. The molecule has 0 N–H and O–H groups in total. The predicted octanol–water partition coefficient (Wildman–Crippen LogP) is 13.9. The lowest BCUT2D eigenvalue weighted by Gasteiger charge is -2.39. The summed E-state index contributed by atoms with van der Waals surface area (Å²) >= 11 is 0. The number of hydrogen-bond donors (Lipinski definition) is 0. The van der Waals surface area contributed by atoms with E-state index in [1.807, 2.05) is 0 Å². The van der Waals surface area contributed by atoms with Gasteiger partial charge in [0.2, 0.25) is 0 Å². The van der Waals surface area contributed by atoms with Crippen molar-refractivity contribution in [3.05, 3.63) is 272 Å². The van der Waals surface area contributed by atoms with Gasteiger partial charge in [-0.3, -0.25) is 0 Å². The fourth-order valence-corrected chi connectivity index (χ4v) is 15.3. The third-order valence-electron chi connectivity index (χ3n) is 18.7. The fraction of sp³-hybridized carbons (Fsp3) is 0.224. The lowest BCUT2D eigenvalue weighted by atomic mass is 9.64. The second-order valence-corrected chi connectivity index (χ2v) is 22.0. The van der Waals surface area contributed by atoms with Gasteiger partial charge in [-0.2, -0.15) is 0 Å². The highest BCUT2D eigenvalue weighted by atomic mass is 14.7. The molecule has 4 aromatic carbocycles. The van der Waals surface area contributed by atoms with Crippen LogP contribution < -0.4 is 10.4 Å². The van der Waals surface area contributed by atoms with Gasteiger partial charge < -0.3 is 0 Å². The SMILES string of the molecule is Cc1ccc(-c2cc(C3=C4C=CC5CC5C4=C(C45C=CC=C6C=CC=CC64C5)Cc4ccccc43)cc(C3=C4C=CC5CC5C4=C(C4=c5ccccc5=CC=CC4)C45C=CC=CC34C5)c2)cc1. The zero-order valence-electron chi connectivity index (χ0n) is 38.1. The Labute approximate surface area is 394 Å². The van der Waals surface area contributed by atoms with E-state index in [9.17, 15) is 0 Å². The number of benzene rings is 4. The molecule has 1 spiro atoms. The highest BCUT2D eigenvalue weighted by Crippen LogP contribution is 2.82. The Kier molecular flexibility index (Phi) is 7.14. The van der Waals surface area contributed by atoms with Crippen LogP contribution in [0.2, 0.25) is 0 Å². The van der Waals surface area contributed by atoms with Gasteiger partial charge in [0.05, 0.1) is 0 Å². The van der Waals surface area contributed by atoms with Crippen LogP contribution in [0.5, 0.6) is 0 Å². The van der Waals surface area contributed by atoms with E-state index in [-0.39, 0.29) is 21.7 Å². The molecule has 0 aliphatic heterocycles. The molecule has 12 aliphatic rings. The molecule has 0 heteroatoms. The van der Waals surface area contributed by atoms with E-state index in [0.29, 0.717) is 23.7 Å². The predicted molar refractivity (Wildman–Crippen MR) is 275 cm³/mol. The maximum absolute atomic E-state index is 2.66. The van der Waals surface area contributed by atoms with Crippen molar-refractivity contribution in [2.24, 2.45) is 45.3 Å². The fourth-order valence-electron chi connectivity index (χ4n) is 15.3. The molecule has 8 atom stereocenters. The van der Waals surface area contributed by atoms with E-state index in [4.69, 9.17) is 0 Å². The Balaban J connectivity index is 0.989. The zero-order valence-corrected chi connectivity index (χ0v) is 38.1. The van der Waals surface area contributed by atoms with Crippen molar-refractivity contribution in [1.82, 2.24) is 0 Å². The van der Waals surface area contributed by atoms with Crippen molar-refractivity contribution in [3.63, 3.8) is 0 Å². The topological polar surface area (TPSA) is 0 Å². The molecule has 0 nitrogen and oxygen atoms in total.